The lowest BCUT2D eigenvalue weighted by atomic mass is 9.87. The van der Waals surface area contributed by atoms with Crippen LogP contribution in [0.25, 0.3) is 0 Å². The van der Waals surface area contributed by atoms with Gasteiger partial charge < -0.3 is 0 Å². The minimum absolute atomic E-state index is 0. The predicted molar refractivity (Wildman–Crippen MR) is 61.4 cm³/mol. The zero-order chi connectivity index (χ0) is 11.2. The van der Waals surface area contributed by atoms with Crippen LogP contribution in [0.4, 0.5) is 4.70 Å². The molecule has 1 fully saturated rings. The summed E-state index contributed by atoms with van der Waals surface area (Å²) < 4.78 is 30.2. The van der Waals surface area contributed by atoms with Gasteiger partial charge in [-0.3, -0.25) is 9.26 Å². The van der Waals surface area contributed by atoms with Crippen molar-refractivity contribution < 1.29 is 17.7 Å². The lowest BCUT2D eigenvalue weighted by Crippen LogP contribution is -2.26. The summed E-state index contributed by atoms with van der Waals surface area (Å²) in [6.45, 7) is 6.12. The summed E-state index contributed by atoms with van der Waals surface area (Å²) in [6, 6.07) is 0. The molecule has 0 unspecified atom stereocenters. The molecule has 1 aliphatic carbocycles. The second-order valence-electron chi connectivity index (χ2n) is 3.57. The lowest BCUT2D eigenvalue weighted by Gasteiger charge is -2.25. The molecule has 1 N–H and O–H groups in total. The quantitative estimate of drug-likeness (QED) is 0.757. The van der Waals surface area contributed by atoms with Gasteiger partial charge in [0.15, 0.2) is 0 Å². The Bertz CT molecular complexity index is 231. The minimum Gasteiger partial charge on any atom is -0.285 e. The molecule has 1 rings (SSSR count). The molecule has 0 aromatic carbocycles. The van der Waals surface area contributed by atoms with Gasteiger partial charge in [-0.05, 0) is 31.6 Å². The second-order valence-corrected chi connectivity index (χ2v) is 5.26. The van der Waals surface area contributed by atoms with Crippen LogP contribution >= 0.6 is 0 Å². The molecule has 0 bridgehead atoms. The highest BCUT2D eigenvalue weighted by molar-refractivity contribution is 7.86. The number of hydrogen-bond donors (Lipinski definition) is 1. The summed E-state index contributed by atoms with van der Waals surface area (Å²) in [4.78, 5) is 0. The van der Waals surface area contributed by atoms with Crippen molar-refractivity contribution in [3.63, 3.8) is 0 Å². The molecule has 3 nitrogen and oxygen atoms in total. The van der Waals surface area contributed by atoms with Gasteiger partial charge in [0.2, 0.25) is 0 Å². The highest BCUT2D eigenvalue weighted by Gasteiger charge is 2.28. The third-order valence-corrected chi connectivity index (χ3v) is 4.11. The largest absolute Gasteiger partial charge is 0.285 e. The zero-order valence-electron chi connectivity index (χ0n) is 9.77. The first kappa shape index (κ1) is 17.2. The van der Waals surface area contributed by atoms with Crippen molar-refractivity contribution in [2.75, 3.05) is 0 Å². The van der Waals surface area contributed by atoms with E-state index >= 15 is 0 Å². The smallest absolute Gasteiger partial charge is 0.267 e. The molecule has 0 aliphatic heterocycles. The fourth-order valence-corrected chi connectivity index (χ4v) is 2.71. The summed E-state index contributed by atoms with van der Waals surface area (Å²) >= 11 is 0. The van der Waals surface area contributed by atoms with Gasteiger partial charge >= 0.3 is 0 Å². The van der Waals surface area contributed by atoms with Gasteiger partial charge in [-0.2, -0.15) is 8.42 Å². The van der Waals surface area contributed by atoms with Crippen molar-refractivity contribution in [1.82, 2.24) is 0 Å². The molecule has 0 atom stereocenters. The molecule has 0 heterocycles. The van der Waals surface area contributed by atoms with Gasteiger partial charge in [-0.15, -0.1) is 0 Å². The van der Waals surface area contributed by atoms with Crippen LogP contribution in [-0.2, 0) is 10.1 Å². The Kier molecular flexibility index (Phi) is 9.25. The normalized spacial score (nSPS) is 25.9. The van der Waals surface area contributed by atoms with Crippen LogP contribution in [-0.4, -0.2) is 18.2 Å². The average Bonchev–Trinajstić information content (AvgIpc) is 2.20. The fourth-order valence-electron chi connectivity index (χ4n) is 1.84. The van der Waals surface area contributed by atoms with E-state index < -0.39 is 15.4 Å². The van der Waals surface area contributed by atoms with Crippen LogP contribution in [0, 0.1) is 5.92 Å². The first-order valence-corrected chi connectivity index (χ1v) is 7.00. The molecule has 0 aromatic rings. The van der Waals surface area contributed by atoms with Crippen molar-refractivity contribution in [2.45, 2.75) is 58.1 Å². The van der Waals surface area contributed by atoms with Gasteiger partial charge in [0.05, 0.1) is 5.25 Å². The number of hydrogen-bond acceptors (Lipinski definition) is 2. The monoisotopic (exact) mass is 242 g/mol. The van der Waals surface area contributed by atoms with Crippen LogP contribution in [0.15, 0.2) is 0 Å². The molecule has 0 aromatic heterocycles. The van der Waals surface area contributed by atoms with E-state index in [1.807, 2.05) is 13.8 Å². The van der Waals surface area contributed by atoms with Gasteiger partial charge in [0, 0.05) is 0 Å². The summed E-state index contributed by atoms with van der Waals surface area (Å²) in [6.07, 6.45) is 4.29. The maximum Gasteiger partial charge on any atom is 0.267 e. The Hall–Kier alpha value is -0.160. The van der Waals surface area contributed by atoms with Crippen LogP contribution in [0.1, 0.15) is 52.9 Å². The Labute approximate surface area is 92.4 Å². The first-order valence-electron chi connectivity index (χ1n) is 5.50. The molecular weight excluding hydrogens is 219 g/mol. The second kappa shape index (κ2) is 8.05. The van der Waals surface area contributed by atoms with E-state index in [2.05, 4.69) is 6.92 Å². The van der Waals surface area contributed by atoms with Crippen molar-refractivity contribution in [3.05, 3.63) is 0 Å². The van der Waals surface area contributed by atoms with Gasteiger partial charge in [-0.1, -0.05) is 27.2 Å². The molecule has 0 saturated heterocycles. The third-order valence-electron chi connectivity index (χ3n) is 2.79. The van der Waals surface area contributed by atoms with E-state index in [0.29, 0.717) is 18.8 Å². The number of rotatable bonds is 2. The summed E-state index contributed by atoms with van der Waals surface area (Å²) in [5.41, 5.74) is 0. The van der Waals surface area contributed by atoms with E-state index in [0.717, 1.165) is 19.3 Å². The Balaban J connectivity index is 0. The highest BCUT2D eigenvalue weighted by Crippen LogP contribution is 2.29. The van der Waals surface area contributed by atoms with Crippen molar-refractivity contribution >= 4 is 10.1 Å². The zero-order valence-corrected chi connectivity index (χ0v) is 10.6. The van der Waals surface area contributed by atoms with E-state index in [1.165, 1.54) is 0 Å². The third kappa shape index (κ3) is 6.10. The first-order chi connectivity index (χ1) is 6.54. The van der Waals surface area contributed by atoms with Crippen LogP contribution in [0.2, 0.25) is 0 Å². The fraction of sp³-hybridized carbons (Fsp3) is 1.00. The lowest BCUT2D eigenvalue weighted by molar-refractivity contribution is 0.336. The SMILES string of the molecule is CC.CCC1CCC(S(=O)(=O)O)CC1.F. The van der Waals surface area contributed by atoms with Crippen molar-refractivity contribution in [3.8, 4) is 0 Å². The Morgan fingerprint density at radius 1 is 1.13 bits per heavy atom. The molecule has 5 heteroatoms. The van der Waals surface area contributed by atoms with Crippen molar-refractivity contribution in [1.29, 1.82) is 0 Å². The van der Waals surface area contributed by atoms with E-state index in [1.54, 1.807) is 0 Å². The maximum atomic E-state index is 10.7. The standard InChI is InChI=1S/C8H16O3S.C2H6.FH/c1-2-7-3-5-8(6-4-7)12(9,10)11;1-2;/h7-8H,2-6H2,1H3,(H,9,10,11);1-2H3;1H. The molecular formula is C10H23FO3S. The average molecular weight is 242 g/mol. The molecule has 94 valence electrons. The summed E-state index contributed by atoms with van der Waals surface area (Å²) in [5.74, 6) is 0.669. The van der Waals surface area contributed by atoms with Gasteiger partial charge in [-0.25, -0.2) is 0 Å². The van der Waals surface area contributed by atoms with Crippen LogP contribution < -0.4 is 0 Å². The highest BCUT2D eigenvalue weighted by atomic mass is 32.2. The molecule has 0 spiro atoms. The Morgan fingerprint density at radius 3 is 1.80 bits per heavy atom. The topological polar surface area (TPSA) is 54.4 Å². The molecule has 0 radical (unpaired) electrons. The van der Waals surface area contributed by atoms with Crippen molar-refractivity contribution in [2.24, 2.45) is 5.92 Å². The summed E-state index contributed by atoms with van der Waals surface area (Å²) in [5, 5.41) is -0.486. The number of halogens is 1. The van der Waals surface area contributed by atoms with Crippen LogP contribution in [0.5, 0.6) is 0 Å². The predicted octanol–water partition coefficient (Wildman–Crippen LogP) is 3.02. The Morgan fingerprint density at radius 2 is 1.53 bits per heavy atom. The van der Waals surface area contributed by atoms with E-state index in [9.17, 15) is 8.42 Å². The van der Waals surface area contributed by atoms with E-state index in [-0.39, 0.29) is 4.70 Å². The molecule has 15 heavy (non-hydrogen) atoms. The summed E-state index contributed by atoms with van der Waals surface area (Å²) in [7, 11) is -3.76. The van der Waals surface area contributed by atoms with Gasteiger partial charge in [0.25, 0.3) is 10.1 Å². The molecule has 1 saturated carbocycles. The molecule has 1 aliphatic rings. The maximum absolute atomic E-state index is 10.7. The minimum atomic E-state index is -3.76. The molecule has 0 amide bonds. The van der Waals surface area contributed by atoms with Crippen LogP contribution in [0.3, 0.4) is 0 Å². The van der Waals surface area contributed by atoms with E-state index in [4.69, 9.17) is 4.55 Å². The van der Waals surface area contributed by atoms with Gasteiger partial charge in [0.1, 0.15) is 0 Å².